The number of imidazole rings is 1. The highest BCUT2D eigenvalue weighted by Crippen LogP contribution is 2.25. The van der Waals surface area contributed by atoms with Crippen LogP contribution in [0, 0.1) is 6.92 Å². The van der Waals surface area contributed by atoms with Crippen LogP contribution in [-0.4, -0.2) is 9.55 Å². The summed E-state index contributed by atoms with van der Waals surface area (Å²) in [5, 5.41) is 0. The van der Waals surface area contributed by atoms with E-state index in [4.69, 9.17) is 5.73 Å². The monoisotopic (exact) mass is 229 g/mol. The van der Waals surface area contributed by atoms with E-state index in [0.29, 0.717) is 0 Å². The number of benzene rings is 1. The molecule has 0 aliphatic heterocycles. The normalized spacial score (nSPS) is 10.7. The fourth-order valence-corrected chi connectivity index (χ4v) is 1.91. The number of aryl methyl sites for hydroxylation is 2. The summed E-state index contributed by atoms with van der Waals surface area (Å²) < 4.78 is 2.03. The van der Waals surface area contributed by atoms with E-state index in [1.807, 2.05) is 17.0 Å². The van der Waals surface area contributed by atoms with Gasteiger partial charge in [-0.3, -0.25) is 0 Å². The molecule has 0 saturated carbocycles. The molecule has 1 heterocycles. The number of hydrogen-bond donors (Lipinski definition) is 1. The van der Waals surface area contributed by atoms with Gasteiger partial charge in [0.1, 0.15) is 11.5 Å². The van der Waals surface area contributed by atoms with Gasteiger partial charge < -0.3 is 10.3 Å². The third-order valence-electron chi connectivity index (χ3n) is 2.92. The second-order valence-corrected chi connectivity index (χ2v) is 4.39. The fourth-order valence-electron chi connectivity index (χ4n) is 1.91. The van der Waals surface area contributed by atoms with Gasteiger partial charge in [-0.2, -0.15) is 0 Å². The lowest BCUT2D eigenvalue weighted by atomic mass is 10.1. The van der Waals surface area contributed by atoms with Crippen molar-refractivity contribution in [1.29, 1.82) is 0 Å². The maximum absolute atomic E-state index is 6.13. The van der Waals surface area contributed by atoms with Gasteiger partial charge in [-0.05, 0) is 19.4 Å². The number of nitrogens with zero attached hydrogens (tertiary/aromatic N) is 2. The molecule has 0 spiro atoms. The molecule has 0 amide bonds. The van der Waals surface area contributed by atoms with Crippen molar-refractivity contribution >= 4 is 5.82 Å². The number of nitrogen functional groups attached to an aromatic ring is 1. The summed E-state index contributed by atoms with van der Waals surface area (Å²) in [5.74, 6) is 0.768. The number of aromatic nitrogens is 2. The molecule has 2 N–H and O–H groups in total. The molecule has 17 heavy (non-hydrogen) atoms. The molecule has 90 valence electrons. The lowest BCUT2D eigenvalue weighted by Gasteiger charge is -2.05. The maximum atomic E-state index is 6.13. The van der Waals surface area contributed by atoms with E-state index in [1.165, 1.54) is 5.56 Å². The molecule has 0 saturated heterocycles. The fraction of sp³-hybridized carbons (Fsp3) is 0.357. The Morgan fingerprint density at radius 3 is 2.88 bits per heavy atom. The highest BCUT2D eigenvalue weighted by atomic mass is 15.1. The van der Waals surface area contributed by atoms with Gasteiger partial charge in [-0.1, -0.05) is 37.1 Å². The molecule has 0 aliphatic carbocycles. The van der Waals surface area contributed by atoms with Crippen LogP contribution < -0.4 is 5.73 Å². The molecule has 2 aromatic rings. The predicted octanol–water partition coefficient (Wildman–Crippen LogP) is 3.24. The van der Waals surface area contributed by atoms with Crippen LogP contribution in [0.3, 0.4) is 0 Å². The Labute approximate surface area is 102 Å². The van der Waals surface area contributed by atoms with Crippen LogP contribution in [0.5, 0.6) is 0 Å². The molecule has 0 bridgehead atoms. The van der Waals surface area contributed by atoms with E-state index in [-0.39, 0.29) is 0 Å². The smallest absolute Gasteiger partial charge is 0.131 e. The van der Waals surface area contributed by atoms with Crippen molar-refractivity contribution < 1.29 is 0 Å². The average Bonchev–Trinajstić information content (AvgIpc) is 2.68. The second kappa shape index (κ2) is 5.04. The zero-order chi connectivity index (χ0) is 12.3. The first-order valence-corrected chi connectivity index (χ1v) is 6.10. The number of nitrogens with two attached hydrogens (primary N) is 1. The van der Waals surface area contributed by atoms with E-state index >= 15 is 0 Å². The van der Waals surface area contributed by atoms with Crippen LogP contribution in [0.2, 0.25) is 0 Å². The Morgan fingerprint density at radius 1 is 1.35 bits per heavy atom. The Hall–Kier alpha value is -1.77. The summed E-state index contributed by atoms with van der Waals surface area (Å²) in [7, 11) is 0. The van der Waals surface area contributed by atoms with Crippen molar-refractivity contribution in [2.24, 2.45) is 0 Å². The first-order valence-electron chi connectivity index (χ1n) is 6.10. The molecular formula is C14H19N3. The molecule has 2 rings (SSSR count). The van der Waals surface area contributed by atoms with E-state index in [0.717, 1.165) is 36.5 Å². The highest BCUT2D eigenvalue weighted by Gasteiger charge is 2.09. The van der Waals surface area contributed by atoms with E-state index in [9.17, 15) is 0 Å². The summed E-state index contributed by atoms with van der Waals surface area (Å²) in [6.07, 6.45) is 4.13. The summed E-state index contributed by atoms with van der Waals surface area (Å²) in [6, 6.07) is 8.28. The number of unbranched alkanes of at least 4 members (excludes halogenated alkanes) is 1. The molecule has 0 aliphatic rings. The molecule has 1 aromatic heterocycles. The Morgan fingerprint density at radius 2 is 2.18 bits per heavy atom. The molecule has 0 unspecified atom stereocenters. The summed E-state index contributed by atoms with van der Waals surface area (Å²) in [4.78, 5) is 4.42. The van der Waals surface area contributed by atoms with Crippen molar-refractivity contribution in [3.8, 4) is 11.3 Å². The quantitative estimate of drug-likeness (QED) is 0.874. The van der Waals surface area contributed by atoms with Gasteiger partial charge >= 0.3 is 0 Å². The van der Waals surface area contributed by atoms with Crippen LogP contribution >= 0.6 is 0 Å². The van der Waals surface area contributed by atoms with Crippen molar-refractivity contribution in [3.63, 3.8) is 0 Å². The summed E-state index contributed by atoms with van der Waals surface area (Å²) >= 11 is 0. The zero-order valence-electron chi connectivity index (χ0n) is 10.5. The van der Waals surface area contributed by atoms with Gasteiger partial charge in [0.15, 0.2) is 0 Å². The van der Waals surface area contributed by atoms with Gasteiger partial charge in [0.25, 0.3) is 0 Å². The molecule has 3 nitrogen and oxygen atoms in total. The second-order valence-electron chi connectivity index (χ2n) is 4.39. The lowest BCUT2D eigenvalue weighted by Crippen LogP contribution is -2.02. The number of rotatable bonds is 4. The maximum Gasteiger partial charge on any atom is 0.131 e. The van der Waals surface area contributed by atoms with Crippen LogP contribution in [-0.2, 0) is 6.54 Å². The molecule has 3 heteroatoms. The first-order chi connectivity index (χ1) is 8.22. The topological polar surface area (TPSA) is 43.8 Å². The minimum absolute atomic E-state index is 0.768. The minimum atomic E-state index is 0.768. The van der Waals surface area contributed by atoms with Crippen LogP contribution in [0.1, 0.15) is 25.3 Å². The number of hydrogen-bond acceptors (Lipinski definition) is 2. The van der Waals surface area contributed by atoms with Crippen molar-refractivity contribution in [2.75, 3.05) is 5.73 Å². The van der Waals surface area contributed by atoms with Crippen LogP contribution in [0.15, 0.2) is 30.6 Å². The van der Waals surface area contributed by atoms with Gasteiger partial charge in [-0.25, -0.2) is 4.98 Å². The Kier molecular flexibility index (Phi) is 3.47. The predicted molar refractivity (Wildman–Crippen MR) is 71.7 cm³/mol. The Balaban J connectivity index is 2.30. The van der Waals surface area contributed by atoms with Crippen LogP contribution in [0.4, 0.5) is 5.82 Å². The van der Waals surface area contributed by atoms with Crippen molar-refractivity contribution in [1.82, 2.24) is 9.55 Å². The third kappa shape index (κ3) is 2.49. The molecule has 0 fully saturated rings. The van der Waals surface area contributed by atoms with Gasteiger partial charge in [0.2, 0.25) is 0 Å². The zero-order valence-corrected chi connectivity index (χ0v) is 10.5. The molecule has 0 atom stereocenters. The molecular weight excluding hydrogens is 210 g/mol. The summed E-state index contributed by atoms with van der Waals surface area (Å²) in [5.41, 5.74) is 9.34. The van der Waals surface area contributed by atoms with E-state index in [1.54, 1.807) is 0 Å². The van der Waals surface area contributed by atoms with Crippen LogP contribution in [0.25, 0.3) is 11.3 Å². The third-order valence-corrected chi connectivity index (χ3v) is 2.92. The van der Waals surface area contributed by atoms with Gasteiger partial charge in [0.05, 0.1) is 6.33 Å². The molecule has 0 radical (unpaired) electrons. The van der Waals surface area contributed by atoms with E-state index in [2.05, 4.69) is 37.0 Å². The molecule has 1 aromatic carbocycles. The van der Waals surface area contributed by atoms with Gasteiger partial charge in [0, 0.05) is 12.1 Å². The van der Waals surface area contributed by atoms with Crippen molar-refractivity contribution in [2.45, 2.75) is 33.2 Å². The standard InChI is InChI=1S/C14H19N3/c1-3-4-8-17-10-16-13(14(17)15)12-7-5-6-11(2)9-12/h5-7,9-10H,3-4,8,15H2,1-2H3. The first kappa shape index (κ1) is 11.7. The van der Waals surface area contributed by atoms with Gasteiger partial charge in [-0.15, -0.1) is 0 Å². The number of anilines is 1. The Bertz CT molecular complexity index is 500. The highest BCUT2D eigenvalue weighted by molar-refractivity contribution is 5.70. The van der Waals surface area contributed by atoms with E-state index < -0.39 is 0 Å². The minimum Gasteiger partial charge on any atom is -0.383 e. The largest absolute Gasteiger partial charge is 0.383 e. The SMILES string of the molecule is CCCCn1cnc(-c2cccc(C)c2)c1N. The van der Waals surface area contributed by atoms with Crippen molar-refractivity contribution in [3.05, 3.63) is 36.2 Å². The lowest BCUT2D eigenvalue weighted by molar-refractivity contribution is 0.637. The summed E-state index contributed by atoms with van der Waals surface area (Å²) in [6.45, 7) is 5.20. The average molecular weight is 229 g/mol.